The number of benzene rings is 4. The molecule has 0 saturated carbocycles. The minimum atomic E-state index is -1.12. The zero-order chi connectivity index (χ0) is 27.1. The topological polar surface area (TPSA) is 50.8 Å². The number of anilines is 3. The molecule has 0 amide bonds. The molecule has 2 aliphatic heterocycles. The van der Waals surface area contributed by atoms with Crippen molar-refractivity contribution in [3.05, 3.63) is 112 Å². The van der Waals surface area contributed by atoms with Crippen molar-refractivity contribution in [2.24, 2.45) is 5.92 Å². The Kier molecular flexibility index (Phi) is 6.48. The average Bonchev–Trinajstić information content (AvgIpc) is 3.23. The van der Waals surface area contributed by atoms with Gasteiger partial charge in [-0.25, -0.2) is 4.79 Å². The predicted octanol–water partition coefficient (Wildman–Crippen LogP) is 8.52. The monoisotopic (exact) mass is 538 g/mol. The Morgan fingerprint density at radius 2 is 1.69 bits per heavy atom. The summed E-state index contributed by atoms with van der Waals surface area (Å²) in [5.41, 5.74) is 4.54. The van der Waals surface area contributed by atoms with Gasteiger partial charge in [-0.15, -0.1) is 0 Å². The molecule has 0 bridgehead atoms. The summed E-state index contributed by atoms with van der Waals surface area (Å²) >= 11 is 6.42. The first kappa shape index (κ1) is 25.3. The Bertz CT molecular complexity index is 1570. The Balaban J connectivity index is 1.49. The van der Waals surface area contributed by atoms with Crippen LogP contribution >= 0.6 is 11.6 Å². The van der Waals surface area contributed by atoms with E-state index in [2.05, 4.69) is 49.2 Å². The lowest BCUT2D eigenvalue weighted by Gasteiger charge is -2.37. The van der Waals surface area contributed by atoms with Crippen LogP contribution < -0.4 is 15.0 Å². The van der Waals surface area contributed by atoms with Gasteiger partial charge in [-0.2, -0.15) is 0 Å². The van der Waals surface area contributed by atoms with Gasteiger partial charge in [-0.05, 0) is 67.8 Å². The molecule has 0 aromatic heterocycles. The third-order valence-corrected chi connectivity index (χ3v) is 7.90. The van der Waals surface area contributed by atoms with Gasteiger partial charge in [0.15, 0.2) is 5.60 Å². The van der Waals surface area contributed by atoms with Crippen molar-refractivity contribution in [3.63, 3.8) is 0 Å². The molecule has 0 fully saturated rings. The number of carbonyl (C=O) groups excluding carboxylic acids is 1. The maximum Gasteiger partial charge on any atom is 0.340 e. The molecule has 0 radical (unpaired) electrons. The van der Waals surface area contributed by atoms with E-state index in [9.17, 15) is 4.79 Å². The smallest absolute Gasteiger partial charge is 0.340 e. The van der Waals surface area contributed by atoms with Crippen molar-refractivity contribution in [2.45, 2.75) is 32.8 Å². The molecule has 0 saturated heterocycles. The summed E-state index contributed by atoms with van der Waals surface area (Å²) in [6.07, 6.45) is 1.10. The van der Waals surface area contributed by atoms with Gasteiger partial charge in [0.1, 0.15) is 11.5 Å². The molecule has 1 atom stereocenters. The highest BCUT2D eigenvalue weighted by atomic mass is 35.5. The minimum absolute atomic E-state index is 0.343. The lowest BCUT2D eigenvalue weighted by Crippen LogP contribution is -2.33. The number of ether oxygens (including phenoxy) is 2. The highest BCUT2D eigenvalue weighted by Gasteiger charge is 2.53. The second-order valence-corrected chi connectivity index (χ2v) is 10.9. The fourth-order valence-electron chi connectivity index (χ4n) is 5.54. The number of fused-ring (bicyclic) bond motifs is 6. The maximum atomic E-state index is 13.2. The van der Waals surface area contributed by atoms with Gasteiger partial charge < -0.3 is 19.7 Å². The zero-order valence-electron chi connectivity index (χ0n) is 22.3. The summed E-state index contributed by atoms with van der Waals surface area (Å²) in [5.74, 6) is 1.62. The van der Waals surface area contributed by atoms with Crippen LogP contribution in [0.3, 0.4) is 0 Å². The van der Waals surface area contributed by atoms with Crippen LogP contribution in [0.5, 0.6) is 11.5 Å². The van der Waals surface area contributed by atoms with E-state index in [4.69, 9.17) is 21.1 Å². The zero-order valence-corrected chi connectivity index (χ0v) is 23.1. The Hall–Kier alpha value is -3.96. The number of halogens is 1. The molecule has 6 heteroatoms. The molecule has 1 spiro atoms. The molecule has 2 heterocycles. The molecule has 1 N–H and O–H groups in total. The van der Waals surface area contributed by atoms with E-state index in [1.165, 1.54) is 0 Å². The molecule has 4 aromatic carbocycles. The molecule has 4 aromatic rings. The van der Waals surface area contributed by atoms with Gasteiger partial charge in [0.05, 0.1) is 16.3 Å². The second kappa shape index (κ2) is 9.97. The summed E-state index contributed by atoms with van der Waals surface area (Å²) in [7, 11) is 0. The lowest BCUT2D eigenvalue weighted by molar-refractivity contribution is 0.0224. The maximum absolute atomic E-state index is 13.2. The van der Waals surface area contributed by atoms with Crippen LogP contribution in [0.2, 0.25) is 5.02 Å². The van der Waals surface area contributed by atoms with Gasteiger partial charge >= 0.3 is 5.97 Å². The predicted molar refractivity (Wildman–Crippen MR) is 157 cm³/mol. The van der Waals surface area contributed by atoms with E-state index in [0.29, 0.717) is 28.0 Å². The van der Waals surface area contributed by atoms with Crippen LogP contribution in [-0.2, 0) is 10.3 Å². The van der Waals surface area contributed by atoms with E-state index in [-0.39, 0.29) is 5.97 Å². The summed E-state index contributed by atoms with van der Waals surface area (Å²) in [6.45, 7) is 8.50. The van der Waals surface area contributed by atoms with Crippen LogP contribution in [0.1, 0.15) is 54.2 Å². The normalized spacial score (nSPS) is 16.8. The summed E-state index contributed by atoms with van der Waals surface area (Å²) in [6, 6.07) is 27.3. The molecule has 1 unspecified atom stereocenters. The quantitative estimate of drug-likeness (QED) is 0.239. The largest absolute Gasteiger partial charge is 0.456 e. The van der Waals surface area contributed by atoms with Crippen molar-refractivity contribution in [3.8, 4) is 11.5 Å². The number of nitrogens with one attached hydrogen (secondary N) is 1. The van der Waals surface area contributed by atoms with Crippen molar-refractivity contribution < 1.29 is 14.3 Å². The van der Waals surface area contributed by atoms with Crippen LogP contribution in [-0.4, -0.2) is 19.1 Å². The van der Waals surface area contributed by atoms with Gasteiger partial charge in [0.2, 0.25) is 0 Å². The molecular weight excluding hydrogens is 508 g/mol. The van der Waals surface area contributed by atoms with Gasteiger partial charge in [0, 0.05) is 47.2 Å². The minimum Gasteiger partial charge on any atom is -0.456 e. The Labute approximate surface area is 234 Å². The van der Waals surface area contributed by atoms with Crippen LogP contribution in [0.4, 0.5) is 17.1 Å². The van der Waals surface area contributed by atoms with E-state index in [1.54, 1.807) is 0 Å². The highest BCUT2D eigenvalue weighted by Crippen LogP contribution is 2.57. The van der Waals surface area contributed by atoms with E-state index >= 15 is 0 Å². The molecule has 0 aliphatic carbocycles. The fourth-order valence-corrected chi connectivity index (χ4v) is 5.72. The lowest BCUT2D eigenvalue weighted by atomic mass is 9.77. The van der Waals surface area contributed by atoms with Gasteiger partial charge in [-0.3, -0.25) is 0 Å². The first-order valence-electron chi connectivity index (χ1n) is 13.5. The van der Waals surface area contributed by atoms with Crippen molar-refractivity contribution in [2.75, 3.05) is 23.3 Å². The van der Waals surface area contributed by atoms with E-state index in [0.717, 1.165) is 53.3 Å². The Morgan fingerprint density at radius 1 is 0.897 bits per heavy atom. The molecule has 198 valence electrons. The third-order valence-electron chi connectivity index (χ3n) is 7.57. The molecule has 6 rings (SSSR count). The first-order chi connectivity index (χ1) is 18.9. The van der Waals surface area contributed by atoms with Crippen molar-refractivity contribution in [1.29, 1.82) is 0 Å². The standard InChI is InChI=1S/C33H31ClN2O3/c1-4-36(18-17-21(2)3)23-14-15-26-31(20-23)38-30-16-13-22(35-29-12-8-7-11-28(29)34)19-27(30)33(26)25-10-6-5-9-24(25)32(37)39-33/h5-16,19-21,35H,4,17-18H2,1-3H3. The molecule has 39 heavy (non-hydrogen) atoms. The van der Waals surface area contributed by atoms with Crippen LogP contribution in [0.25, 0.3) is 0 Å². The first-order valence-corrected chi connectivity index (χ1v) is 13.8. The number of hydrogen-bond acceptors (Lipinski definition) is 5. The average molecular weight is 539 g/mol. The van der Waals surface area contributed by atoms with Crippen molar-refractivity contribution >= 4 is 34.6 Å². The van der Waals surface area contributed by atoms with Crippen molar-refractivity contribution in [1.82, 2.24) is 0 Å². The fraction of sp³-hybridized carbons (Fsp3) is 0.242. The van der Waals surface area contributed by atoms with Gasteiger partial charge in [0.25, 0.3) is 0 Å². The second-order valence-electron chi connectivity index (χ2n) is 10.5. The number of para-hydroxylation sites is 1. The van der Waals surface area contributed by atoms with E-state index < -0.39 is 5.60 Å². The number of nitrogens with zero attached hydrogens (tertiary/aromatic N) is 1. The molecular formula is C33H31ClN2O3. The van der Waals surface area contributed by atoms with E-state index in [1.807, 2.05) is 66.7 Å². The number of carbonyl (C=O) groups is 1. The van der Waals surface area contributed by atoms with Crippen LogP contribution in [0.15, 0.2) is 84.9 Å². The summed E-state index contributed by atoms with van der Waals surface area (Å²) in [4.78, 5) is 15.6. The summed E-state index contributed by atoms with van der Waals surface area (Å²) in [5, 5.41) is 4.03. The number of rotatable bonds is 7. The SMILES string of the molecule is CCN(CCC(C)C)c1ccc2c(c1)Oc1ccc(Nc3ccccc3Cl)cc1C21OC(=O)c2ccccc21. The molecule has 2 aliphatic rings. The molecule has 5 nitrogen and oxygen atoms in total. The van der Waals surface area contributed by atoms with Gasteiger partial charge in [-0.1, -0.05) is 55.8 Å². The third kappa shape index (κ3) is 4.31. The highest BCUT2D eigenvalue weighted by molar-refractivity contribution is 6.33. The van der Waals surface area contributed by atoms with Crippen LogP contribution in [0, 0.1) is 5.92 Å². The number of esters is 1. The summed E-state index contributed by atoms with van der Waals surface area (Å²) < 4.78 is 12.9. The Morgan fingerprint density at radius 3 is 2.49 bits per heavy atom. The number of hydrogen-bond donors (Lipinski definition) is 1.